The zero-order valence-electron chi connectivity index (χ0n) is 6.79. The first-order chi connectivity index (χ1) is 5.72. The lowest BCUT2D eigenvalue weighted by Gasteiger charge is -2.43. The maximum Gasteiger partial charge on any atom is 0.411 e. The normalized spacial score (nSPS) is 25.5. The van der Waals surface area contributed by atoms with Crippen LogP contribution in [0.15, 0.2) is 12.3 Å². The number of rotatable bonds is 0. The summed E-state index contributed by atoms with van der Waals surface area (Å²) in [4.78, 5) is 11.9. The first kappa shape index (κ1) is 7.61. The Morgan fingerprint density at radius 3 is 2.67 bits per heavy atom. The summed E-state index contributed by atoms with van der Waals surface area (Å²) in [6, 6.07) is 0. The van der Waals surface area contributed by atoms with Crippen LogP contribution in [0.2, 0.25) is 0 Å². The molecule has 0 aromatic carbocycles. The van der Waals surface area contributed by atoms with E-state index in [-0.39, 0.29) is 5.41 Å². The number of hydrogen-bond donors (Lipinski definition) is 2. The highest BCUT2D eigenvalue weighted by atomic mass is 16.4. The summed E-state index contributed by atoms with van der Waals surface area (Å²) in [5.74, 6) is 0. The van der Waals surface area contributed by atoms with Crippen molar-refractivity contribution in [3.63, 3.8) is 0 Å². The van der Waals surface area contributed by atoms with Crippen molar-refractivity contribution in [2.45, 2.75) is 6.42 Å². The smallest absolute Gasteiger partial charge is 0.411 e. The van der Waals surface area contributed by atoms with E-state index in [0.717, 1.165) is 19.5 Å². The third kappa shape index (κ3) is 1.08. The summed E-state index contributed by atoms with van der Waals surface area (Å²) in [5, 5.41) is 11.9. The summed E-state index contributed by atoms with van der Waals surface area (Å²) in [6.45, 7) is 2.63. The molecule has 4 heteroatoms. The van der Waals surface area contributed by atoms with Gasteiger partial charge in [0.05, 0.1) is 0 Å². The molecule has 0 bridgehead atoms. The average molecular weight is 168 g/mol. The standard InChI is InChI=1S/C8H12N2O2/c11-7(12)10-3-1-8(2-4-10)5-9-6-8/h1,3,9H,2,4-6H2,(H,11,12). The van der Waals surface area contributed by atoms with Crippen LogP contribution in [0.4, 0.5) is 4.79 Å². The van der Waals surface area contributed by atoms with Crippen LogP contribution in [-0.2, 0) is 0 Å². The van der Waals surface area contributed by atoms with E-state index in [0.29, 0.717) is 6.54 Å². The summed E-state index contributed by atoms with van der Waals surface area (Å²) in [5.41, 5.74) is 0.270. The minimum absolute atomic E-state index is 0.270. The van der Waals surface area contributed by atoms with Gasteiger partial charge in [-0.25, -0.2) is 4.79 Å². The van der Waals surface area contributed by atoms with Crippen molar-refractivity contribution in [2.24, 2.45) is 5.41 Å². The molecule has 0 aromatic rings. The van der Waals surface area contributed by atoms with Gasteiger partial charge in [-0.2, -0.15) is 0 Å². The largest absolute Gasteiger partial charge is 0.465 e. The van der Waals surface area contributed by atoms with Gasteiger partial charge >= 0.3 is 6.09 Å². The van der Waals surface area contributed by atoms with Gasteiger partial charge in [0, 0.05) is 31.2 Å². The minimum Gasteiger partial charge on any atom is -0.465 e. The van der Waals surface area contributed by atoms with Crippen molar-refractivity contribution in [1.82, 2.24) is 10.2 Å². The second kappa shape index (κ2) is 2.48. The predicted octanol–water partition coefficient (Wildman–Crippen LogP) is 0.473. The van der Waals surface area contributed by atoms with Gasteiger partial charge in [-0.15, -0.1) is 0 Å². The molecule has 1 amide bonds. The van der Waals surface area contributed by atoms with Gasteiger partial charge in [-0.3, -0.25) is 4.90 Å². The lowest BCUT2D eigenvalue weighted by molar-refractivity contribution is 0.136. The molecular weight excluding hydrogens is 156 g/mol. The van der Waals surface area contributed by atoms with Crippen molar-refractivity contribution >= 4 is 6.09 Å². The molecule has 1 spiro atoms. The van der Waals surface area contributed by atoms with Gasteiger partial charge in [0.15, 0.2) is 0 Å². The zero-order chi connectivity index (χ0) is 8.60. The average Bonchev–Trinajstić information content (AvgIpc) is 2.02. The molecule has 0 unspecified atom stereocenters. The lowest BCUT2D eigenvalue weighted by atomic mass is 9.77. The molecule has 2 rings (SSSR count). The number of amides is 1. The van der Waals surface area contributed by atoms with E-state index >= 15 is 0 Å². The van der Waals surface area contributed by atoms with E-state index in [2.05, 4.69) is 5.32 Å². The Hall–Kier alpha value is -1.03. The molecule has 1 fully saturated rings. The van der Waals surface area contributed by atoms with E-state index in [4.69, 9.17) is 5.11 Å². The Morgan fingerprint density at radius 1 is 1.58 bits per heavy atom. The Kier molecular flexibility index (Phi) is 1.58. The van der Waals surface area contributed by atoms with E-state index in [9.17, 15) is 4.79 Å². The minimum atomic E-state index is -0.853. The van der Waals surface area contributed by atoms with Crippen LogP contribution in [0.5, 0.6) is 0 Å². The van der Waals surface area contributed by atoms with Gasteiger partial charge in [0.1, 0.15) is 0 Å². The van der Waals surface area contributed by atoms with E-state index < -0.39 is 6.09 Å². The fraction of sp³-hybridized carbons (Fsp3) is 0.625. The van der Waals surface area contributed by atoms with Crippen LogP contribution in [-0.4, -0.2) is 35.7 Å². The second-order valence-electron chi connectivity index (χ2n) is 3.51. The summed E-state index contributed by atoms with van der Waals surface area (Å²) < 4.78 is 0. The van der Waals surface area contributed by atoms with E-state index in [1.54, 1.807) is 6.20 Å². The van der Waals surface area contributed by atoms with Gasteiger partial charge in [0.2, 0.25) is 0 Å². The lowest BCUT2D eigenvalue weighted by Crippen LogP contribution is -2.55. The number of nitrogens with zero attached hydrogens (tertiary/aromatic N) is 1. The molecule has 0 saturated carbocycles. The summed E-state index contributed by atoms with van der Waals surface area (Å²) in [6.07, 6.45) is 3.80. The SMILES string of the molecule is O=C(O)N1C=CC2(CC1)CNC2. The number of carbonyl (C=O) groups is 1. The molecule has 2 heterocycles. The fourth-order valence-corrected chi connectivity index (χ4v) is 1.65. The predicted molar refractivity (Wildman–Crippen MR) is 43.8 cm³/mol. The van der Waals surface area contributed by atoms with Crippen LogP contribution >= 0.6 is 0 Å². The maximum absolute atomic E-state index is 10.5. The molecular formula is C8H12N2O2. The van der Waals surface area contributed by atoms with Gasteiger partial charge in [0.25, 0.3) is 0 Å². The molecule has 0 atom stereocenters. The molecule has 2 aliphatic heterocycles. The van der Waals surface area contributed by atoms with E-state index in [1.807, 2.05) is 6.08 Å². The molecule has 66 valence electrons. The highest BCUT2D eigenvalue weighted by Crippen LogP contribution is 2.31. The van der Waals surface area contributed by atoms with Gasteiger partial charge < -0.3 is 10.4 Å². The Morgan fingerprint density at radius 2 is 2.33 bits per heavy atom. The van der Waals surface area contributed by atoms with Crippen molar-refractivity contribution < 1.29 is 9.90 Å². The maximum atomic E-state index is 10.5. The Labute approximate surface area is 70.9 Å². The topological polar surface area (TPSA) is 52.6 Å². The number of carboxylic acid groups (broad SMARTS) is 1. The molecule has 1 saturated heterocycles. The molecule has 0 aliphatic carbocycles. The third-order valence-electron chi connectivity index (χ3n) is 2.66. The highest BCUT2D eigenvalue weighted by Gasteiger charge is 2.37. The van der Waals surface area contributed by atoms with E-state index in [1.165, 1.54) is 4.90 Å². The molecule has 0 aromatic heterocycles. The fourth-order valence-electron chi connectivity index (χ4n) is 1.65. The third-order valence-corrected chi connectivity index (χ3v) is 2.66. The zero-order valence-corrected chi connectivity index (χ0v) is 6.79. The first-order valence-electron chi connectivity index (χ1n) is 4.12. The molecule has 12 heavy (non-hydrogen) atoms. The quantitative estimate of drug-likeness (QED) is 0.553. The van der Waals surface area contributed by atoms with Crippen LogP contribution in [0.25, 0.3) is 0 Å². The van der Waals surface area contributed by atoms with Gasteiger partial charge in [-0.05, 0) is 6.42 Å². The first-order valence-corrected chi connectivity index (χ1v) is 4.12. The van der Waals surface area contributed by atoms with Crippen molar-refractivity contribution in [3.05, 3.63) is 12.3 Å². The molecule has 2 N–H and O–H groups in total. The molecule has 0 radical (unpaired) electrons. The molecule has 4 nitrogen and oxygen atoms in total. The highest BCUT2D eigenvalue weighted by molar-refractivity contribution is 5.66. The van der Waals surface area contributed by atoms with Crippen LogP contribution < -0.4 is 5.32 Å². The second-order valence-corrected chi connectivity index (χ2v) is 3.51. The summed E-state index contributed by atoms with van der Waals surface area (Å²) in [7, 11) is 0. The summed E-state index contributed by atoms with van der Waals surface area (Å²) >= 11 is 0. The van der Waals surface area contributed by atoms with Gasteiger partial charge in [-0.1, -0.05) is 6.08 Å². The monoisotopic (exact) mass is 168 g/mol. The Bertz CT molecular complexity index is 233. The van der Waals surface area contributed by atoms with Crippen LogP contribution in [0.3, 0.4) is 0 Å². The van der Waals surface area contributed by atoms with Crippen molar-refractivity contribution in [3.8, 4) is 0 Å². The van der Waals surface area contributed by atoms with Crippen molar-refractivity contribution in [2.75, 3.05) is 19.6 Å². The van der Waals surface area contributed by atoms with Crippen LogP contribution in [0.1, 0.15) is 6.42 Å². The molecule has 2 aliphatic rings. The van der Waals surface area contributed by atoms with Crippen molar-refractivity contribution in [1.29, 1.82) is 0 Å². The van der Waals surface area contributed by atoms with Crippen LogP contribution in [0, 0.1) is 5.41 Å². The Balaban J connectivity index is 2.04. The number of hydrogen-bond acceptors (Lipinski definition) is 2. The number of nitrogens with one attached hydrogen (secondary N) is 1.